The van der Waals surface area contributed by atoms with Crippen LogP contribution in [0.5, 0.6) is 0 Å². The van der Waals surface area contributed by atoms with Crippen LogP contribution in [0.1, 0.15) is 167 Å². The van der Waals surface area contributed by atoms with Crippen LogP contribution in [0, 0.1) is 40.9 Å². The molecular weight excluding hydrogens is 472 g/mol. The van der Waals surface area contributed by atoms with Crippen LogP contribution in [-0.2, 0) is 0 Å². The van der Waals surface area contributed by atoms with Crippen LogP contribution in [0.4, 0.5) is 0 Å². The van der Waals surface area contributed by atoms with Crippen LogP contribution in [0.3, 0.4) is 0 Å². The van der Waals surface area contributed by atoms with E-state index >= 15 is 0 Å². The Kier molecular flexibility index (Phi) is 42.6. The van der Waals surface area contributed by atoms with E-state index in [4.69, 9.17) is 0 Å². The maximum absolute atomic E-state index is 2.47. The summed E-state index contributed by atoms with van der Waals surface area (Å²) < 4.78 is 0. The highest BCUT2D eigenvalue weighted by Crippen LogP contribution is 2.34. The third-order valence-electron chi connectivity index (χ3n) is 7.46. The van der Waals surface area contributed by atoms with Gasteiger partial charge in [0.1, 0.15) is 0 Å². The van der Waals surface area contributed by atoms with Crippen LogP contribution in [0.2, 0.25) is 24.2 Å². The lowest BCUT2D eigenvalue weighted by Crippen LogP contribution is -2.32. The van der Waals surface area contributed by atoms with Crippen molar-refractivity contribution >= 4 is 8.07 Å². The Hall–Kier alpha value is -0.0431. The Balaban J connectivity index is -0.0000000640. The standard InChI is InChI=1S/C9H20.C9H18.C8H20Si.2C4H10.C2H6.CH4/c1-7(2)9(5,6)8(3)4;1-7(2)6-9(5)8(3)4;1-7(2)9(5,6)8(3)4;2*1-4(2)3;1-2;/h7-8H,1-6H3;6-8H,1-5H3;7-8H,1-6H3;2*4H,1-3H3;1-2H3;1H4/b;9-6-;;;;;. The fourth-order valence-electron chi connectivity index (χ4n) is 2.05. The lowest BCUT2D eigenvalue weighted by Gasteiger charge is -2.33. The van der Waals surface area contributed by atoms with Crippen molar-refractivity contribution in [3.05, 3.63) is 11.6 Å². The van der Waals surface area contributed by atoms with Crippen LogP contribution >= 0.6 is 0 Å². The van der Waals surface area contributed by atoms with Crippen molar-refractivity contribution in [2.75, 3.05) is 0 Å². The van der Waals surface area contributed by atoms with E-state index in [0.717, 1.165) is 34.8 Å². The second-order valence-electron chi connectivity index (χ2n) is 15.0. The van der Waals surface area contributed by atoms with Gasteiger partial charge in [-0.3, -0.25) is 0 Å². The summed E-state index contributed by atoms with van der Waals surface area (Å²) in [5.74, 6) is 4.66. The lowest BCUT2D eigenvalue weighted by molar-refractivity contribution is 0.165. The molecule has 0 aliphatic heterocycles. The highest BCUT2D eigenvalue weighted by atomic mass is 28.3. The molecule has 0 aromatic rings. The Labute approximate surface area is 251 Å². The second kappa shape index (κ2) is 29.9. The van der Waals surface area contributed by atoms with Crippen LogP contribution in [0.15, 0.2) is 11.6 Å². The SMILES string of the molecule is C.C/C(=C/C(C)C)C(C)C.CC.CC(C)C.CC(C)C.CC(C)C(C)(C)C(C)C.CC(C)[Si](C)(C)C(C)C. The minimum atomic E-state index is -0.858. The smallest absolute Gasteiger partial charge is 0.0525 e. The largest absolute Gasteiger partial charge is 0.0828 e. The fraction of sp³-hybridized carbons (Fsp3) is 0.946. The minimum Gasteiger partial charge on any atom is -0.0828 e. The average Bonchev–Trinajstić information content (AvgIpc) is 2.68. The van der Waals surface area contributed by atoms with E-state index in [0.29, 0.717) is 17.3 Å². The van der Waals surface area contributed by atoms with Crippen molar-refractivity contribution in [1.29, 1.82) is 0 Å². The van der Waals surface area contributed by atoms with Gasteiger partial charge in [-0.2, -0.15) is 0 Å². The van der Waals surface area contributed by atoms with Gasteiger partial charge in [-0.15, -0.1) is 0 Å². The maximum atomic E-state index is 2.47. The quantitative estimate of drug-likeness (QED) is 0.224. The average molecular weight is 561 g/mol. The molecule has 0 heterocycles. The lowest BCUT2D eigenvalue weighted by atomic mass is 9.72. The van der Waals surface area contributed by atoms with Gasteiger partial charge in [0.25, 0.3) is 0 Å². The van der Waals surface area contributed by atoms with Gasteiger partial charge in [-0.25, -0.2) is 0 Å². The molecule has 0 N–H and O–H groups in total. The molecule has 0 rings (SSSR count). The van der Waals surface area contributed by atoms with Gasteiger partial charge < -0.3 is 0 Å². The molecule has 0 aliphatic rings. The van der Waals surface area contributed by atoms with Crippen molar-refractivity contribution in [1.82, 2.24) is 0 Å². The van der Waals surface area contributed by atoms with E-state index < -0.39 is 8.07 Å². The molecule has 0 nitrogen and oxygen atoms in total. The highest BCUT2D eigenvalue weighted by Gasteiger charge is 2.28. The molecule has 0 fully saturated rings. The zero-order valence-electron chi connectivity index (χ0n) is 31.7. The number of allylic oxidation sites excluding steroid dienone is 2. The second-order valence-corrected chi connectivity index (χ2v) is 21.0. The van der Waals surface area contributed by atoms with Crippen molar-refractivity contribution in [3.8, 4) is 0 Å². The Morgan fingerprint density at radius 1 is 0.553 bits per heavy atom. The Bertz CT molecular complexity index is 402. The van der Waals surface area contributed by atoms with Gasteiger partial charge in [-0.1, -0.05) is 196 Å². The predicted molar refractivity (Wildman–Crippen MR) is 194 cm³/mol. The molecule has 0 aliphatic carbocycles. The van der Waals surface area contributed by atoms with Crippen molar-refractivity contribution in [3.63, 3.8) is 0 Å². The first kappa shape index (κ1) is 54.1. The van der Waals surface area contributed by atoms with E-state index in [1.807, 2.05) is 13.8 Å². The summed E-state index contributed by atoms with van der Waals surface area (Å²) >= 11 is 0. The molecule has 0 spiro atoms. The molecule has 0 saturated heterocycles. The number of rotatable bonds is 6. The molecule has 0 aromatic carbocycles. The normalized spacial score (nSPS) is 11.6. The molecule has 0 aromatic heterocycles. The molecule has 0 bridgehead atoms. The van der Waals surface area contributed by atoms with Crippen LogP contribution in [0.25, 0.3) is 0 Å². The zero-order chi connectivity index (χ0) is 31.9. The fourth-order valence-corrected chi connectivity index (χ4v) is 3.38. The van der Waals surface area contributed by atoms with Gasteiger partial charge in [0.2, 0.25) is 0 Å². The summed E-state index contributed by atoms with van der Waals surface area (Å²) in [6.45, 7) is 56.3. The van der Waals surface area contributed by atoms with Gasteiger partial charge in [0.15, 0.2) is 0 Å². The van der Waals surface area contributed by atoms with Crippen molar-refractivity contribution in [2.24, 2.45) is 40.9 Å². The summed E-state index contributed by atoms with van der Waals surface area (Å²) in [6.07, 6.45) is 2.32. The van der Waals surface area contributed by atoms with E-state index in [2.05, 4.69) is 165 Å². The van der Waals surface area contributed by atoms with E-state index in [-0.39, 0.29) is 7.43 Å². The third kappa shape index (κ3) is 43.0. The molecule has 1 heteroatoms. The first-order valence-corrected chi connectivity index (χ1v) is 19.1. The third-order valence-corrected chi connectivity index (χ3v) is 13.4. The first-order valence-electron chi connectivity index (χ1n) is 16.0. The summed E-state index contributed by atoms with van der Waals surface area (Å²) in [5, 5.41) is 0. The van der Waals surface area contributed by atoms with E-state index in [1.165, 1.54) is 5.57 Å². The molecule has 0 radical (unpaired) electrons. The Morgan fingerprint density at radius 2 is 0.763 bits per heavy atom. The summed E-state index contributed by atoms with van der Waals surface area (Å²) in [6, 6.07) is 0. The maximum Gasteiger partial charge on any atom is 0.0525 e. The number of hydrogen-bond donors (Lipinski definition) is 0. The molecule has 0 atom stereocenters. The Morgan fingerprint density at radius 3 is 0.789 bits per heavy atom. The molecule has 38 heavy (non-hydrogen) atoms. The van der Waals surface area contributed by atoms with Gasteiger partial charge >= 0.3 is 0 Å². The van der Waals surface area contributed by atoms with E-state index in [1.54, 1.807) is 0 Å². The van der Waals surface area contributed by atoms with Gasteiger partial charge in [0.05, 0.1) is 8.07 Å². The minimum absolute atomic E-state index is 0. The topological polar surface area (TPSA) is 0 Å². The van der Waals surface area contributed by atoms with Crippen LogP contribution in [-0.4, -0.2) is 8.07 Å². The monoisotopic (exact) mass is 561 g/mol. The molecule has 0 unspecified atom stereocenters. The van der Waals surface area contributed by atoms with E-state index in [9.17, 15) is 0 Å². The first-order chi connectivity index (χ1) is 16.3. The zero-order valence-corrected chi connectivity index (χ0v) is 32.7. The van der Waals surface area contributed by atoms with Crippen molar-refractivity contribution in [2.45, 2.75) is 191 Å². The van der Waals surface area contributed by atoms with Gasteiger partial charge in [-0.05, 0) is 47.8 Å². The van der Waals surface area contributed by atoms with Gasteiger partial charge in [0, 0.05) is 0 Å². The summed E-state index contributed by atoms with van der Waals surface area (Å²) in [4.78, 5) is 0. The van der Waals surface area contributed by atoms with Crippen molar-refractivity contribution < 1.29 is 0 Å². The predicted octanol–water partition coefficient (Wildman–Crippen LogP) is 15.1. The summed E-state index contributed by atoms with van der Waals surface area (Å²) in [5.41, 5.74) is 3.86. The molecule has 0 saturated carbocycles. The molecular formula is C37H88Si. The number of hydrogen-bond acceptors (Lipinski definition) is 0. The van der Waals surface area contributed by atoms with Crippen LogP contribution < -0.4 is 0 Å². The molecule has 0 amide bonds. The highest BCUT2D eigenvalue weighted by molar-refractivity contribution is 6.79. The molecule has 240 valence electrons. The summed E-state index contributed by atoms with van der Waals surface area (Å²) in [7, 11) is -0.858.